The molecule has 0 fully saturated rings. The van der Waals surface area contributed by atoms with Gasteiger partial charge in [0.05, 0.1) is 13.2 Å². The van der Waals surface area contributed by atoms with E-state index in [0.717, 1.165) is 44.0 Å². The molecule has 0 bridgehead atoms. The van der Waals surface area contributed by atoms with Crippen molar-refractivity contribution >= 4 is 0 Å². The minimum Gasteiger partial charge on any atom is -0.494 e. The van der Waals surface area contributed by atoms with Crippen LogP contribution >= 0.6 is 0 Å². The van der Waals surface area contributed by atoms with Crippen molar-refractivity contribution in [3.05, 3.63) is 312 Å². The molecule has 0 aliphatic carbocycles. The van der Waals surface area contributed by atoms with E-state index in [2.05, 4.69) is 269 Å². The van der Waals surface area contributed by atoms with Gasteiger partial charge in [0.2, 0.25) is 0 Å². The number of unbranched alkanes of at least 4 members (excludes halogenated alkanes) is 13. The Morgan fingerprint density at radius 2 is 0.368 bits per heavy atom. The lowest BCUT2D eigenvalue weighted by Crippen LogP contribution is -1.95. The highest BCUT2D eigenvalue weighted by Gasteiger charge is 1.95. The lowest BCUT2D eigenvalue weighted by atomic mass is 10.1. The predicted octanol–water partition coefficient (Wildman–Crippen LogP) is 28.1. The van der Waals surface area contributed by atoms with E-state index in [1.807, 2.05) is 66.7 Å². The molecule has 9 aromatic rings. The molecule has 0 atom stereocenters. The monoisotopic (exact) mass is 1280 g/mol. The zero-order valence-electron chi connectivity index (χ0n) is 61.5. The molecule has 0 aliphatic rings. The maximum Gasteiger partial charge on any atom is 0.119 e. The van der Waals surface area contributed by atoms with E-state index in [-0.39, 0.29) is 0 Å². The Labute approximate surface area is 584 Å². The molecule has 95 heavy (non-hydrogen) atoms. The Kier molecular flexibility index (Phi) is 61.2. The van der Waals surface area contributed by atoms with Crippen molar-refractivity contribution < 1.29 is 9.47 Å². The van der Waals surface area contributed by atoms with Crippen LogP contribution in [0.1, 0.15) is 236 Å². The topological polar surface area (TPSA) is 18.5 Å². The van der Waals surface area contributed by atoms with Crippen molar-refractivity contribution in [1.82, 2.24) is 0 Å². The minimum atomic E-state index is 0.834. The van der Waals surface area contributed by atoms with E-state index in [4.69, 9.17) is 9.47 Å². The van der Waals surface area contributed by atoms with Crippen molar-refractivity contribution in [2.75, 3.05) is 13.2 Å². The van der Waals surface area contributed by atoms with Crippen molar-refractivity contribution in [3.8, 4) is 11.5 Å². The summed E-state index contributed by atoms with van der Waals surface area (Å²) in [5.41, 5.74) is 10.2. The molecule has 0 amide bonds. The van der Waals surface area contributed by atoms with Crippen LogP contribution in [-0.2, 0) is 44.9 Å². The summed E-state index contributed by atoms with van der Waals surface area (Å²) in [4.78, 5) is 0. The number of benzene rings is 9. The van der Waals surface area contributed by atoms with Crippen LogP contribution in [0.2, 0.25) is 0 Å². The second kappa shape index (κ2) is 68.0. The smallest absolute Gasteiger partial charge is 0.119 e. The molecule has 0 saturated heterocycles. The van der Waals surface area contributed by atoms with Crippen LogP contribution in [0.5, 0.6) is 11.5 Å². The molecular formula is C93H132O2. The summed E-state index contributed by atoms with van der Waals surface area (Å²) in [6.45, 7) is 21.6. The number of ether oxygens (including phenoxy) is 2. The van der Waals surface area contributed by atoms with Crippen LogP contribution in [0.3, 0.4) is 0 Å². The summed E-state index contributed by atoms with van der Waals surface area (Å²) in [7, 11) is 0. The normalized spacial score (nSPS) is 9.74. The van der Waals surface area contributed by atoms with Crippen LogP contribution in [0.25, 0.3) is 0 Å². The van der Waals surface area contributed by atoms with Gasteiger partial charge in [-0.05, 0) is 153 Å². The summed E-state index contributed by atoms with van der Waals surface area (Å²) in [6.07, 6.45) is 35.9. The first-order valence-electron chi connectivity index (χ1n) is 37.5. The molecule has 0 radical (unpaired) electrons. The molecule has 0 saturated carbocycles. The quantitative estimate of drug-likeness (QED) is 0.0391. The van der Waals surface area contributed by atoms with E-state index >= 15 is 0 Å². The maximum atomic E-state index is 5.45. The first-order chi connectivity index (χ1) is 46.9. The molecule has 9 rings (SSSR count). The molecule has 0 N–H and O–H groups in total. The zero-order chi connectivity index (χ0) is 68.6. The van der Waals surface area contributed by atoms with Gasteiger partial charge in [0, 0.05) is 0 Å². The SMILES string of the molecule is CCCCCCc1ccccc1.CCCCCCc1ccccc1.CCCCCc1ccccc1.CCCCCc1ccccc1.CCCCOc1ccccc1.CCCCOc1ccccc1.CCCCc1ccccc1.CCCc1ccccc1.CCc1ccccc1. The Bertz CT molecular complexity index is 2600. The summed E-state index contributed by atoms with van der Waals surface area (Å²) in [6, 6.07) is 94.4. The van der Waals surface area contributed by atoms with Gasteiger partial charge in [-0.2, -0.15) is 0 Å². The predicted molar refractivity (Wildman–Crippen MR) is 423 cm³/mol. The van der Waals surface area contributed by atoms with E-state index in [1.54, 1.807) is 0 Å². The maximum absolute atomic E-state index is 5.45. The van der Waals surface area contributed by atoms with Gasteiger partial charge in [-0.1, -0.05) is 401 Å². The molecule has 0 heterocycles. The number of aryl methyl sites for hydroxylation is 7. The lowest BCUT2D eigenvalue weighted by molar-refractivity contribution is 0.309. The molecule has 0 unspecified atom stereocenters. The number of rotatable bonds is 32. The average Bonchev–Trinajstić information content (AvgIpc) is 3.70. The fourth-order valence-electron chi connectivity index (χ4n) is 9.62. The molecule has 9 aromatic carbocycles. The zero-order valence-corrected chi connectivity index (χ0v) is 61.5. The van der Waals surface area contributed by atoms with Gasteiger partial charge in [0.1, 0.15) is 11.5 Å². The Balaban J connectivity index is 0.000000535. The Hall–Kier alpha value is -7.42. The average molecular weight is 1280 g/mol. The molecule has 0 aliphatic heterocycles. The third kappa shape index (κ3) is 55.6. The fourth-order valence-corrected chi connectivity index (χ4v) is 9.62. The van der Waals surface area contributed by atoms with Gasteiger partial charge in [-0.15, -0.1) is 0 Å². The highest BCUT2D eigenvalue weighted by molar-refractivity contribution is 5.23. The number of para-hydroxylation sites is 2. The van der Waals surface area contributed by atoms with E-state index in [1.165, 1.54) is 199 Å². The highest BCUT2D eigenvalue weighted by Crippen LogP contribution is 2.13. The first kappa shape index (κ1) is 85.6. The summed E-state index contributed by atoms with van der Waals surface area (Å²) in [5, 5.41) is 0. The third-order valence-corrected chi connectivity index (χ3v) is 15.5. The summed E-state index contributed by atoms with van der Waals surface area (Å²) < 4.78 is 10.9. The van der Waals surface area contributed by atoms with Crippen LogP contribution < -0.4 is 9.47 Å². The summed E-state index contributed by atoms with van der Waals surface area (Å²) in [5.74, 6) is 1.95. The molecule has 516 valence electrons. The second-order valence-electron chi connectivity index (χ2n) is 24.2. The standard InChI is InChI=1S/2C12H18.2C11H16.2C10H14O.C10H14.C9H12.C8H10/c2*1-2-3-4-6-9-12-10-7-5-8-11-12;2*1-2-3-5-8-11-9-6-4-7-10-11;2*1-2-3-9-11-10-7-5-4-6-8-10;1-2-3-7-10-8-5-4-6-9-10;1-2-6-9-7-4-3-5-8-9;1-2-8-6-4-3-5-7-8/h2*5,7-8,10-11H,2-4,6,9H2,1H3;2*4,6-7,9-10H,2-3,5,8H2,1H3;2*4-8H,2-3,9H2,1H3;4-6,8-9H,2-3,7H2,1H3;3-5,7-8H,2,6H2,1H3;3-7H,2H2,1H3. The van der Waals surface area contributed by atoms with Crippen molar-refractivity contribution in [2.24, 2.45) is 0 Å². The first-order valence-corrected chi connectivity index (χ1v) is 37.5. The van der Waals surface area contributed by atoms with Gasteiger partial charge in [0.25, 0.3) is 0 Å². The van der Waals surface area contributed by atoms with E-state index in [0.29, 0.717) is 0 Å². The number of hydrogen-bond acceptors (Lipinski definition) is 2. The minimum absolute atomic E-state index is 0.834. The lowest BCUT2D eigenvalue weighted by Gasteiger charge is -2.03. The fraction of sp³-hybridized carbons (Fsp3) is 0.419. The van der Waals surface area contributed by atoms with Gasteiger partial charge >= 0.3 is 0 Å². The number of hydrogen-bond donors (Lipinski definition) is 0. The molecule has 0 spiro atoms. The van der Waals surface area contributed by atoms with Crippen LogP contribution in [0.15, 0.2) is 273 Å². The van der Waals surface area contributed by atoms with Gasteiger partial charge in [-0.3, -0.25) is 0 Å². The van der Waals surface area contributed by atoms with Gasteiger partial charge in [-0.25, -0.2) is 0 Å². The molecule has 0 aromatic heterocycles. The van der Waals surface area contributed by atoms with Gasteiger partial charge < -0.3 is 9.47 Å². The van der Waals surface area contributed by atoms with Crippen LogP contribution in [-0.4, -0.2) is 13.2 Å². The van der Waals surface area contributed by atoms with Crippen LogP contribution in [0, 0.1) is 0 Å². The van der Waals surface area contributed by atoms with E-state index < -0.39 is 0 Å². The van der Waals surface area contributed by atoms with Crippen LogP contribution in [0.4, 0.5) is 0 Å². The summed E-state index contributed by atoms with van der Waals surface area (Å²) >= 11 is 0. The second-order valence-corrected chi connectivity index (χ2v) is 24.2. The van der Waals surface area contributed by atoms with E-state index in [9.17, 15) is 0 Å². The Morgan fingerprint density at radius 1 is 0.168 bits per heavy atom. The third-order valence-electron chi connectivity index (χ3n) is 15.5. The van der Waals surface area contributed by atoms with Crippen molar-refractivity contribution in [2.45, 2.75) is 242 Å². The molecule has 2 nitrogen and oxygen atoms in total. The van der Waals surface area contributed by atoms with Gasteiger partial charge in [0.15, 0.2) is 0 Å². The highest BCUT2D eigenvalue weighted by atomic mass is 16.5. The van der Waals surface area contributed by atoms with Crippen molar-refractivity contribution in [3.63, 3.8) is 0 Å². The Morgan fingerprint density at radius 3 is 0.589 bits per heavy atom. The largest absolute Gasteiger partial charge is 0.494 e. The molecule has 2 heteroatoms. The molecular weight excluding hydrogens is 1150 g/mol. The van der Waals surface area contributed by atoms with Crippen molar-refractivity contribution in [1.29, 1.82) is 0 Å².